The number of carbonyl (C=O) groups is 3. The lowest BCUT2D eigenvalue weighted by molar-refractivity contribution is -0.144. The molecular weight excluding hydrogens is 260 g/mol. The Morgan fingerprint density at radius 2 is 1.00 bits per heavy atom. The maximum Gasteiger partial charge on any atom is 0.305 e. The molecule has 116 valence electrons. The maximum absolute atomic E-state index is 11.6. The van der Waals surface area contributed by atoms with Crippen LogP contribution in [-0.4, -0.2) is 30.9 Å². The van der Waals surface area contributed by atoms with E-state index < -0.39 is 0 Å². The molecule has 0 bridgehead atoms. The van der Waals surface area contributed by atoms with Crippen LogP contribution in [0.15, 0.2) is 0 Å². The lowest BCUT2D eigenvalue weighted by atomic mass is 10.1. The number of hydrogen-bond donors (Lipinski definition) is 0. The molecule has 0 amide bonds. The second-order valence-electron chi connectivity index (χ2n) is 4.56. The van der Waals surface area contributed by atoms with Crippen LogP contribution in [0, 0.1) is 0 Å². The first-order valence-electron chi connectivity index (χ1n) is 7.43. The van der Waals surface area contributed by atoms with Crippen molar-refractivity contribution in [2.75, 3.05) is 13.2 Å². The van der Waals surface area contributed by atoms with E-state index in [1.54, 1.807) is 13.8 Å². The number of unbranched alkanes of at least 4 members (excludes halogenated alkanes) is 2. The van der Waals surface area contributed by atoms with Crippen molar-refractivity contribution < 1.29 is 23.9 Å². The Kier molecular flexibility index (Phi) is 11.8. The first-order valence-corrected chi connectivity index (χ1v) is 7.43. The Morgan fingerprint density at radius 1 is 0.650 bits per heavy atom. The van der Waals surface area contributed by atoms with E-state index in [-0.39, 0.29) is 17.7 Å². The molecule has 0 rings (SSSR count). The molecule has 0 aromatic carbocycles. The Bertz CT molecular complexity index is 271. The first kappa shape index (κ1) is 18.6. The van der Waals surface area contributed by atoms with Crippen LogP contribution in [0.3, 0.4) is 0 Å². The summed E-state index contributed by atoms with van der Waals surface area (Å²) >= 11 is 0. The highest BCUT2D eigenvalue weighted by Crippen LogP contribution is 2.08. The lowest BCUT2D eigenvalue weighted by Gasteiger charge is -2.03. The zero-order chi connectivity index (χ0) is 15.2. The predicted molar refractivity (Wildman–Crippen MR) is 75.2 cm³/mol. The van der Waals surface area contributed by atoms with Gasteiger partial charge in [-0.3, -0.25) is 14.4 Å². The van der Waals surface area contributed by atoms with Crippen molar-refractivity contribution in [1.29, 1.82) is 0 Å². The van der Waals surface area contributed by atoms with E-state index in [0.717, 1.165) is 12.8 Å². The van der Waals surface area contributed by atoms with Crippen molar-refractivity contribution in [3.63, 3.8) is 0 Å². The summed E-state index contributed by atoms with van der Waals surface area (Å²) in [5.41, 5.74) is 0. The average Bonchev–Trinajstić information content (AvgIpc) is 2.40. The van der Waals surface area contributed by atoms with Crippen molar-refractivity contribution in [3.05, 3.63) is 0 Å². The minimum absolute atomic E-state index is 0.192. The Balaban J connectivity index is 3.41. The smallest absolute Gasteiger partial charge is 0.305 e. The molecule has 0 aromatic rings. The summed E-state index contributed by atoms with van der Waals surface area (Å²) in [5.74, 6) is -0.207. The number of rotatable bonds is 12. The molecule has 0 saturated heterocycles. The molecule has 0 aromatic heterocycles. The zero-order valence-electron chi connectivity index (χ0n) is 12.6. The number of hydrogen-bond acceptors (Lipinski definition) is 5. The molecule has 0 aliphatic heterocycles. The van der Waals surface area contributed by atoms with Crippen molar-refractivity contribution in [2.24, 2.45) is 0 Å². The number of Topliss-reactive ketones (excluding diaryl/α,β-unsaturated/α-hetero) is 1. The number of esters is 2. The fourth-order valence-corrected chi connectivity index (χ4v) is 1.77. The fraction of sp³-hybridized carbons (Fsp3) is 0.800. The predicted octanol–water partition coefficient (Wildman–Crippen LogP) is 2.80. The molecule has 20 heavy (non-hydrogen) atoms. The molecule has 0 spiro atoms. The largest absolute Gasteiger partial charge is 0.466 e. The summed E-state index contributed by atoms with van der Waals surface area (Å²) in [6, 6.07) is 0. The molecule has 0 atom stereocenters. The minimum Gasteiger partial charge on any atom is -0.466 e. The highest BCUT2D eigenvalue weighted by Gasteiger charge is 2.06. The van der Waals surface area contributed by atoms with Crippen LogP contribution in [0.25, 0.3) is 0 Å². The standard InChI is InChI=1S/C15H26O5/c1-3-19-14(17)11-7-5-9-13(16)10-6-8-12-15(18)20-4-2/h3-12H2,1-2H3. The quantitative estimate of drug-likeness (QED) is 0.407. The summed E-state index contributed by atoms with van der Waals surface area (Å²) in [6.07, 6.45) is 4.57. The van der Waals surface area contributed by atoms with E-state index in [2.05, 4.69) is 0 Å². The monoisotopic (exact) mass is 286 g/mol. The molecule has 0 saturated carbocycles. The van der Waals surface area contributed by atoms with Gasteiger partial charge in [0.15, 0.2) is 0 Å². The van der Waals surface area contributed by atoms with Crippen molar-refractivity contribution in [2.45, 2.75) is 65.2 Å². The third-order valence-corrected chi connectivity index (χ3v) is 2.78. The maximum atomic E-state index is 11.6. The topological polar surface area (TPSA) is 69.7 Å². The molecule has 0 aliphatic rings. The molecule has 5 nitrogen and oxygen atoms in total. The molecule has 5 heteroatoms. The van der Waals surface area contributed by atoms with Gasteiger partial charge in [-0.05, 0) is 39.5 Å². The van der Waals surface area contributed by atoms with Crippen LogP contribution in [0.5, 0.6) is 0 Å². The second kappa shape index (κ2) is 12.6. The van der Waals surface area contributed by atoms with Gasteiger partial charge in [0, 0.05) is 25.7 Å². The summed E-state index contributed by atoms with van der Waals surface area (Å²) in [6.45, 7) is 4.35. The van der Waals surface area contributed by atoms with Gasteiger partial charge in [0.25, 0.3) is 0 Å². The van der Waals surface area contributed by atoms with Crippen LogP contribution in [0.1, 0.15) is 65.2 Å². The van der Waals surface area contributed by atoms with Crippen molar-refractivity contribution in [3.8, 4) is 0 Å². The van der Waals surface area contributed by atoms with E-state index >= 15 is 0 Å². The summed E-state index contributed by atoms with van der Waals surface area (Å²) in [7, 11) is 0. The molecule has 0 radical (unpaired) electrons. The lowest BCUT2D eigenvalue weighted by Crippen LogP contribution is -2.05. The van der Waals surface area contributed by atoms with Gasteiger partial charge < -0.3 is 9.47 Å². The third kappa shape index (κ3) is 11.7. The second-order valence-corrected chi connectivity index (χ2v) is 4.56. The van der Waals surface area contributed by atoms with Gasteiger partial charge in [0.1, 0.15) is 5.78 Å². The highest BCUT2D eigenvalue weighted by atomic mass is 16.5. The van der Waals surface area contributed by atoms with Gasteiger partial charge in [-0.2, -0.15) is 0 Å². The molecule has 0 aliphatic carbocycles. The van der Waals surface area contributed by atoms with Gasteiger partial charge in [0.05, 0.1) is 13.2 Å². The van der Waals surface area contributed by atoms with Crippen LogP contribution in [0.2, 0.25) is 0 Å². The van der Waals surface area contributed by atoms with Gasteiger partial charge in [-0.25, -0.2) is 0 Å². The normalized spacial score (nSPS) is 10.1. The Hall–Kier alpha value is -1.39. The zero-order valence-corrected chi connectivity index (χ0v) is 12.6. The Labute approximate surface area is 121 Å². The summed E-state index contributed by atoms with van der Waals surface area (Å²) < 4.78 is 9.61. The molecule has 0 heterocycles. The van der Waals surface area contributed by atoms with Gasteiger partial charge >= 0.3 is 11.9 Å². The number of carbonyl (C=O) groups excluding carboxylic acids is 3. The molecule has 0 fully saturated rings. The summed E-state index contributed by atoms with van der Waals surface area (Å²) in [5, 5.41) is 0. The Morgan fingerprint density at radius 3 is 1.35 bits per heavy atom. The molecule has 0 unspecified atom stereocenters. The van der Waals surface area contributed by atoms with E-state index in [1.165, 1.54) is 0 Å². The van der Waals surface area contributed by atoms with Crippen LogP contribution >= 0.6 is 0 Å². The number of ketones is 1. The van der Waals surface area contributed by atoms with Crippen LogP contribution in [-0.2, 0) is 23.9 Å². The fourth-order valence-electron chi connectivity index (χ4n) is 1.77. The van der Waals surface area contributed by atoms with Gasteiger partial charge in [-0.1, -0.05) is 0 Å². The first-order chi connectivity index (χ1) is 9.60. The average molecular weight is 286 g/mol. The SMILES string of the molecule is CCOC(=O)CCCCC(=O)CCCCC(=O)OCC. The van der Waals surface area contributed by atoms with Crippen LogP contribution < -0.4 is 0 Å². The van der Waals surface area contributed by atoms with E-state index in [4.69, 9.17) is 9.47 Å². The van der Waals surface area contributed by atoms with E-state index in [0.29, 0.717) is 51.7 Å². The van der Waals surface area contributed by atoms with E-state index in [9.17, 15) is 14.4 Å². The summed E-state index contributed by atoms with van der Waals surface area (Å²) in [4.78, 5) is 33.7. The third-order valence-electron chi connectivity index (χ3n) is 2.78. The number of ether oxygens (including phenoxy) is 2. The molecule has 0 N–H and O–H groups in total. The van der Waals surface area contributed by atoms with Crippen molar-refractivity contribution in [1.82, 2.24) is 0 Å². The van der Waals surface area contributed by atoms with Crippen LogP contribution in [0.4, 0.5) is 0 Å². The van der Waals surface area contributed by atoms with Crippen molar-refractivity contribution >= 4 is 17.7 Å². The van der Waals surface area contributed by atoms with Gasteiger partial charge in [-0.15, -0.1) is 0 Å². The molecular formula is C15H26O5. The minimum atomic E-state index is -0.200. The van der Waals surface area contributed by atoms with Gasteiger partial charge in [0.2, 0.25) is 0 Å². The highest BCUT2D eigenvalue weighted by molar-refractivity contribution is 5.78. The van der Waals surface area contributed by atoms with E-state index in [1.807, 2.05) is 0 Å².